The minimum absolute atomic E-state index is 0. The molecule has 1 unspecified atom stereocenters. The van der Waals surface area contributed by atoms with E-state index in [1.807, 2.05) is 12.1 Å². The molecule has 3 heterocycles. The molecule has 2 N–H and O–H groups in total. The Labute approximate surface area is 184 Å². The molecular weight excluding hydrogens is 417 g/mol. The van der Waals surface area contributed by atoms with Gasteiger partial charge in [0.15, 0.2) is 11.5 Å². The highest BCUT2D eigenvalue weighted by atomic mass is 35.5. The van der Waals surface area contributed by atoms with Gasteiger partial charge in [0.05, 0.1) is 13.2 Å². The Balaban J connectivity index is 0.00000150. The predicted octanol–water partition coefficient (Wildman–Crippen LogP) is 2.00. The fourth-order valence-corrected chi connectivity index (χ4v) is 4.62. The summed E-state index contributed by atoms with van der Waals surface area (Å²) < 4.78 is 16.7. The second-order valence-corrected chi connectivity index (χ2v) is 7.91. The number of halogens is 2. The summed E-state index contributed by atoms with van der Waals surface area (Å²) in [6.07, 6.45) is 3.24. The van der Waals surface area contributed by atoms with Crippen LogP contribution in [0.4, 0.5) is 0 Å². The average Bonchev–Trinajstić information content (AvgIpc) is 3.01. The van der Waals surface area contributed by atoms with E-state index in [1.165, 1.54) is 0 Å². The van der Waals surface area contributed by atoms with Crippen LogP contribution >= 0.6 is 24.8 Å². The molecule has 1 spiro atoms. The van der Waals surface area contributed by atoms with Crippen LogP contribution in [0.5, 0.6) is 17.2 Å². The Kier molecular flexibility index (Phi) is 8.28. The minimum Gasteiger partial charge on any atom is -0.496 e. The number of ether oxygens (including phenoxy) is 3. The molecule has 3 aliphatic heterocycles. The smallest absolute Gasteiger partial charge is 0.237 e. The Morgan fingerprint density at radius 1 is 1.24 bits per heavy atom. The number of rotatable bonds is 4. The number of nitrogens with zero attached hydrogens (tertiary/aromatic N) is 1. The van der Waals surface area contributed by atoms with E-state index in [4.69, 9.17) is 14.2 Å². The van der Waals surface area contributed by atoms with Gasteiger partial charge in [-0.05, 0) is 50.9 Å². The Morgan fingerprint density at radius 3 is 2.55 bits per heavy atom. The minimum atomic E-state index is -0.0636. The Morgan fingerprint density at radius 2 is 1.90 bits per heavy atom. The summed E-state index contributed by atoms with van der Waals surface area (Å²) in [5, 5.41) is 6.53. The zero-order chi connectivity index (χ0) is 18.9. The summed E-state index contributed by atoms with van der Waals surface area (Å²) in [5.74, 6) is 2.19. The van der Waals surface area contributed by atoms with Crippen molar-refractivity contribution in [3.8, 4) is 17.2 Å². The number of benzene rings is 1. The Hall–Kier alpha value is -1.41. The second kappa shape index (κ2) is 10.1. The van der Waals surface area contributed by atoms with Crippen LogP contribution in [0.1, 0.15) is 24.8 Å². The quantitative estimate of drug-likeness (QED) is 0.735. The van der Waals surface area contributed by atoms with Gasteiger partial charge in [-0.1, -0.05) is 0 Å². The number of hydrogen-bond acceptors (Lipinski definition) is 6. The summed E-state index contributed by atoms with van der Waals surface area (Å²) >= 11 is 0. The van der Waals surface area contributed by atoms with Crippen molar-refractivity contribution in [2.24, 2.45) is 5.41 Å². The van der Waals surface area contributed by atoms with Crippen LogP contribution in [-0.4, -0.2) is 63.9 Å². The van der Waals surface area contributed by atoms with E-state index < -0.39 is 0 Å². The van der Waals surface area contributed by atoms with Crippen LogP contribution in [0.3, 0.4) is 0 Å². The standard InChI is InChI=1S/C20H29N3O4.2ClH/c1-23-13-20(3-5-21-6-4-20)11-15(23)19(24)22-12-14-9-17-18(10-16(14)25-2)27-8-7-26-17;;/h9-10,15,21H,3-8,11-13H2,1-2H3,(H,22,24);2*1H. The van der Waals surface area contributed by atoms with Crippen LogP contribution < -0.4 is 24.8 Å². The highest BCUT2D eigenvalue weighted by molar-refractivity contribution is 5.85. The second-order valence-electron chi connectivity index (χ2n) is 7.91. The molecule has 3 aliphatic rings. The van der Waals surface area contributed by atoms with E-state index in [2.05, 4.69) is 22.6 Å². The fourth-order valence-electron chi connectivity index (χ4n) is 4.62. The lowest BCUT2D eigenvalue weighted by Gasteiger charge is -2.33. The van der Waals surface area contributed by atoms with E-state index in [1.54, 1.807) is 7.11 Å². The summed E-state index contributed by atoms with van der Waals surface area (Å²) in [6, 6.07) is 3.67. The number of fused-ring (bicyclic) bond motifs is 1. The molecule has 0 aliphatic carbocycles. The lowest BCUT2D eigenvalue weighted by Crippen LogP contribution is -2.41. The van der Waals surface area contributed by atoms with E-state index >= 15 is 0 Å². The van der Waals surface area contributed by atoms with Crippen LogP contribution in [0.2, 0.25) is 0 Å². The maximum atomic E-state index is 12.9. The molecule has 2 fully saturated rings. The Bertz CT molecular complexity index is 713. The molecule has 1 aromatic rings. The molecule has 164 valence electrons. The lowest BCUT2D eigenvalue weighted by atomic mass is 9.77. The van der Waals surface area contributed by atoms with Crippen LogP contribution in [-0.2, 0) is 11.3 Å². The summed E-state index contributed by atoms with van der Waals surface area (Å²) in [6.45, 7) is 4.59. The van der Waals surface area contributed by atoms with Gasteiger partial charge < -0.3 is 24.8 Å². The first-order valence-electron chi connectivity index (χ1n) is 9.75. The molecule has 9 heteroatoms. The zero-order valence-electron chi connectivity index (χ0n) is 17.0. The average molecular weight is 448 g/mol. The van der Waals surface area contributed by atoms with E-state index in [0.29, 0.717) is 37.0 Å². The maximum absolute atomic E-state index is 12.9. The highest BCUT2D eigenvalue weighted by Gasteiger charge is 2.45. The number of methoxy groups -OCH3 is 1. The molecular formula is C20H31Cl2N3O4. The van der Waals surface area contributed by atoms with Gasteiger partial charge >= 0.3 is 0 Å². The SMILES string of the molecule is COc1cc2c(cc1CNC(=O)C1CC3(CCNCC3)CN1C)OCCO2.Cl.Cl. The normalized spacial score (nSPS) is 22.3. The van der Waals surface area contributed by atoms with Crippen LogP contribution in [0, 0.1) is 5.41 Å². The predicted molar refractivity (Wildman–Crippen MR) is 116 cm³/mol. The first-order chi connectivity index (χ1) is 13.1. The van der Waals surface area contributed by atoms with E-state index in [-0.39, 0.29) is 42.2 Å². The number of amides is 1. The number of piperidine rings is 1. The van der Waals surface area contributed by atoms with Crippen molar-refractivity contribution >= 4 is 30.7 Å². The molecule has 7 nitrogen and oxygen atoms in total. The monoisotopic (exact) mass is 447 g/mol. The van der Waals surface area contributed by atoms with Crippen molar-refractivity contribution in [2.75, 3.05) is 47.0 Å². The van der Waals surface area contributed by atoms with E-state index in [9.17, 15) is 4.79 Å². The molecule has 0 radical (unpaired) electrons. The van der Waals surface area contributed by atoms with Crippen molar-refractivity contribution in [2.45, 2.75) is 31.8 Å². The van der Waals surface area contributed by atoms with Crippen molar-refractivity contribution in [3.05, 3.63) is 17.7 Å². The van der Waals surface area contributed by atoms with Crippen LogP contribution in [0.25, 0.3) is 0 Å². The fraction of sp³-hybridized carbons (Fsp3) is 0.650. The number of likely N-dealkylation sites (tertiary alicyclic amines) is 1. The van der Waals surface area contributed by atoms with Crippen molar-refractivity contribution in [3.63, 3.8) is 0 Å². The van der Waals surface area contributed by atoms with Crippen molar-refractivity contribution in [1.82, 2.24) is 15.5 Å². The number of carbonyl (C=O) groups is 1. The van der Waals surface area contributed by atoms with Gasteiger partial charge in [0.2, 0.25) is 5.91 Å². The summed E-state index contributed by atoms with van der Waals surface area (Å²) in [4.78, 5) is 15.1. The van der Waals surface area contributed by atoms with E-state index in [0.717, 1.165) is 44.5 Å². The number of likely N-dealkylation sites (N-methyl/N-ethyl adjacent to an activating group) is 1. The van der Waals surface area contributed by atoms with Gasteiger partial charge in [-0.3, -0.25) is 9.69 Å². The number of hydrogen-bond donors (Lipinski definition) is 2. The van der Waals surface area contributed by atoms with Gasteiger partial charge in [0.25, 0.3) is 0 Å². The van der Waals surface area contributed by atoms with Gasteiger partial charge in [-0.2, -0.15) is 0 Å². The third-order valence-corrected chi connectivity index (χ3v) is 6.11. The molecule has 0 saturated carbocycles. The third-order valence-electron chi connectivity index (χ3n) is 6.11. The molecule has 29 heavy (non-hydrogen) atoms. The zero-order valence-corrected chi connectivity index (χ0v) is 18.6. The topological polar surface area (TPSA) is 72.1 Å². The lowest BCUT2D eigenvalue weighted by molar-refractivity contribution is -0.125. The maximum Gasteiger partial charge on any atom is 0.237 e. The summed E-state index contributed by atoms with van der Waals surface area (Å²) in [7, 11) is 3.69. The van der Waals surface area contributed by atoms with Gasteiger partial charge in [0, 0.05) is 24.7 Å². The van der Waals surface area contributed by atoms with Crippen molar-refractivity contribution in [1.29, 1.82) is 0 Å². The third kappa shape index (κ3) is 5.02. The van der Waals surface area contributed by atoms with Crippen molar-refractivity contribution < 1.29 is 19.0 Å². The first kappa shape index (κ1) is 23.9. The molecule has 4 rings (SSSR count). The highest BCUT2D eigenvalue weighted by Crippen LogP contribution is 2.41. The van der Waals surface area contributed by atoms with Gasteiger partial charge in [0.1, 0.15) is 19.0 Å². The number of nitrogens with one attached hydrogen (secondary N) is 2. The number of carbonyl (C=O) groups excluding carboxylic acids is 1. The molecule has 1 atom stereocenters. The van der Waals surface area contributed by atoms with Gasteiger partial charge in [-0.15, -0.1) is 24.8 Å². The first-order valence-corrected chi connectivity index (χ1v) is 9.75. The molecule has 0 bridgehead atoms. The molecule has 1 amide bonds. The molecule has 1 aromatic carbocycles. The largest absolute Gasteiger partial charge is 0.496 e. The molecule has 0 aromatic heterocycles. The molecule has 2 saturated heterocycles. The van der Waals surface area contributed by atoms with Gasteiger partial charge in [-0.25, -0.2) is 0 Å². The van der Waals surface area contributed by atoms with Crippen LogP contribution in [0.15, 0.2) is 12.1 Å². The summed E-state index contributed by atoms with van der Waals surface area (Å²) in [5.41, 5.74) is 1.18.